The monoisotopic (exact) mass is 395 g/mol. The molecule has 2 aromatic carbocycles. The molecule has 0 amide bonds. The first-order valence-corrected chi connectivity index (χ1v) is 9.58. The molecule has 0 fully saturated rings. The number of ether oxygens (including phenoxy) is 1. The van der Waals surface area contributed by atoms with Crippen LogP contribution >= 0.6 is 0 Å². The molecule has 3 aromatic rings. The molecule has 0 saturated carbocycles. The van der Waals surface area contributed by atoms with Gasteiger partial charge in [0.1, 0.15) is 17.4 Å². The zero-order valence-electron chi connectivity index (χ0n) is 16.7. The quantitative estimate of drug-likeness (QED) is 0.348. The molecule has 1 aromatic heterocycles. The third-order valence-corrected chi connectivity index (χ3v) is 4.41. The van der Waals surface area contributed by atoms with Crippen molar-refractivity contribution in [1.82, 2.24) is 20.2 Å². The van der Waals surface area contributed by atoms with E-state index >= 15 is 0 Å². The minimum Gasteiger partial charge on any atom is -0.494 e. The van der Waals surface area contributed by atoms with Gasteiger partial charge in [0, 0.05) is 32.5 Å². The summed E-state index contributed by atoms with van der Waals surface area (Å²) in [4.78, 5) is 8.34. The molecule has 0 aliphatic carbocycles. The van der Waals surface area contributed by atoms with Crippen LogP contribution in [0.2, 0.25) is 0 Å². The molecule has 0 atom stereocenters. The number of aryl methyl sites for hydroxylation is 1. The Labute approximate surface area is 170 Å². The second-order valence-corrected chi connectivity index (χ2v) is 6.50. The summed E-state index contributed by atoms with van der Waals surface area (Å²) in [6.45, 7) is 3.66. The summed E-state index contributed by atoms with van der Waals surface area (Å²) in [5.41, 5.74) is 1.32. The predicted octanol–water partition coefficient (Wildman–Crippen LogP) is 3.45. The van der Waals surface area contributed by atoms with Crippen LogP contribution in [0.15, 0.2) is 65.9 Å². The van der Waals surface area contributed by atoms with Crippen molar-refractivity contribution in [3.8, 4) is 11.4 Å². The number of aromatic nitrogens is 2. The molecule has 0 bridgehead atoms. The van der Waals surface area contributed by atoms with E-state index in [0.29, 0.717) is 24.8 Å². The van der Waals surface area contributed by atoms with E-state index in [0.717, 1.165) is 30.1 Å². The lowest BCUT2D eigenvalue weighted by molar-refractivity contribution is 0.311. The first kappa shape index (κ1) is 20.4. The van der Waals surface area contributed by atoms with Crippen LogP contribution in [0.3, 0.4) is 0 Å². The van der Waals surface area contributed by atoms with Gasteiger partial charge in [-0.2, -0.15) is 0 Å². The number of benzene rings is 2. The fourth-order valence-corrected chi connectivity index (χ4v) is 2.88. The van der Waals surface area contributed by atoms with Crippen molar-refractivity contribution < 1.29 is 9.13 Å². The summed E-state index contributed by atoms with van der Waals surface area (Å²) in [6.07, 6.45) is 4.24. The Balaban J connectivity index is 1.43. The number of rotatable bonds is 8. The van der Waals surface area contributed by atoms with E-state index in [1.807, 2.05) is 43.3 Å². The van der Waals surface area contributed by atoms with Gasteiger partial charge >= 0.3 is 0 Å². The van der Waals surface area contributed by atoms with Gasteiger partial charge in [0.2, 0.25) is 0 Å². The third kappa shape index (κ3) is 5.81. The van der Waals surface area contributed by atoms with Gasteiger partial charge in [-0.15, -0.1) is 0 Å². The van der Waals surface area contributed by atoms with Gasteiger partial charge < -0.3 is 19.9 Å². The molecule has 0 radical (unpaired) electrons. The highest BCUT2D eigenvalue weighted by atomic mass is 19.1. The number of nitrogens with zero attached hydrogens (tertiary/aromatic N) is 3. The Hall–Kier alpha value is -3.35. The van der Waals surface area contributed by atoms with Crippen LogP contribution in [-0.2, 0) is 6.54 Å². The van der Waals surface area contributed by atoms with Crippen LogP contribution in [0.5, 0.6) is 5.75 Å². The lowest BCUT2D eigenvalue weighted by Gasteiger charge is -2.13. The Kier molecular flexibility index (Phi) is 7.22. The molecule has 7 heteroatoms. The molecule has 29 heavy (non-hydrogen) atoms. The van der Waals surface area contributed by atoms with Gasteiger partial charge in [0.25, 0.3) is 0 Å². The van der Waals surface area contributed by atoms with E-state index in [4.69, 9.17) is 4.74 Å². The van der Waals surface area contributed by atoms with Gasteiger partial charge in [0.05, 0.1) is 12.3 Å². The van der Waals surface area contributed by atoms with E-state index in [1.54, 1.807) is 30.1 Å². The molecule has 1 heterocycles. The van der Waals surface area contributed by atoms with Crippen molar-refractivity contribution in [2.75, 3.05) is 20.2 Å². The topological polar surface area (TPSA) is 63.5 Å². The first-order valence-electron chi connectivity index (χ1n) is 9.58. The molecule has 152 valence electrons. The van der Waals surface area contributed by atoms with Crippen LogP contribution in [-0.4, -0.2) is 35.7 Å². The molecule has 0 spiro atoms. The smallest absolute Gasteiger partial charge is 0.191 e. The summed E-state index contributed by atoms with van der Waals surface area (Å²) in [7, 11) is 1.71. The molecule has 0 unspecified atom stereocenters. The van der Waals surface area contributed by atoms with Gasteiger partial charge in [-0.3, -0.25) is 4.99 Å². The van der Waals surface area contributed by atoms with Crippen molar-refractivity contribution in [3.05, 3.63) is 78.1 Å². The fraction of sp³-hybridized carbons (Fsp3) is 0.273. The van der Waals surface area contributed by atoms with Crippen LogP contribution in [0.4, 0.5) is 4.39 Å². The first-order chi connectivity index (χ1) is 14.2. The van der Waals surface area contributed by atoms with Crippen LogP contribution < -0.4 is 15.4 Å². The highest BCUT2D eigenvalue weighted by Crippen LogP contribution is 2.16. The molecular weight excluding hydrogens is 369 g/mol. The minimum atomic E-state index is -0.286. The molecule has 0 saturated heterocycles. The highest BCUT2D eigenvalue weighted by Gasteiger charge is 2.08. The Morgan fingerprint density at radius 2 is 2.00 bits per heavy atom. The van der Waals surface area contributed by atoms with E-state index < -0.39 is 0 Å². The van der Waals surface area contributed by atoms with E-state index in [1.165, 1.54) is 6.07 Å². The normalized spacial score (nSPS) is 11.3. The van der Waals surface area contributed by atoms with E-state index in [-0.39, 0.29) is 5.82 Å². The summed E-state index contributed by atoms with van der Waals surface area (Å²) < 4.78 is 21.9. The fourth-order valence-electron chi connectivity index (χ4n) is 2.88. The lowest BCUT2D eigenvalue weighted by Crippen LogP contribution is -2.37. The molecule has 2 N–H and O–H groups in total. The van der Waals surface area contributed by atoms with Crippen molar-refractivity contribution in [1.29, 1.82) is 0 Å². The zero-order valence-corrected chi connectivity index (χ0v) is 16.7. The number of imidazole rings is 1. The van der Waals surface area contributed by atoms with E-state index in [2.05, 4.69) is 20.6 Å². The SMILES string of the molecule is CN=C(NCCCOc1ccccc1)NCc1ccc(-n2ccnc2C)c(F)c1. The second-order valence-electron chi connectivity index (χ2n) is 6.50. The second kappa shape index (κ2) is 10.3. The number of aliphatic imine (C=N–C) groups is 1. The Morgan fingerprint density at radius 1 is 1.17 bits per heavy atom. The largest absolute Gasteiger partial charge is 0.494 e. The molecular formula is C22H26FN5O. The lowest BCUT2D eigenvalue weighted by atomic mass is 10.2. The summed E-state index contributed by atoms with van der Waals surface area (Å²) in [5, 5.41) is 6.43. The maximum Gasteiger partial charge on any atom is 0.191 e. The van der Waals surface area contributed by atoms with Gasteiger partial charge in [-0.05, 0) is 43.2 Å². The molecule has 0 aliphatic rings. The number of halogens is 1. The van der Waals surface area contributed by atoms with E-state index in [9.17, 15) is 4.39 Å². The standard InChI is InChI=1S/C22H26FN5O/c1-17-25-12-13-28(17)21-10-9-18(15-20(21)23)16-27-22(24-2)26-11-6-14-29-19-7-4-3-5-8-19/h3-5,7-10,12-13,15H,6,11,14,16H2,1-2H3,(H2,24,26,27). The maximum absolute atomic E-state index is 14.5. The Bertz CT molecular complexity index is 939. The highest BCUT2D eigenvalue weighted by molar-refractivity contribution is 5.79. The number of hydrogen-bond donors (Lipinski definition) is 2. The van der Waals surface area contributed by atoms with Gasteiger partial charge in [-0.1, -0.05) is 24.3 Å². The van der Waals surface area contributed by atoms with Crippen molar-refractivity contribution in [2.45, 2.75) is 19.9 Å². The third-order valence-electron chi connectivity index (χ3n) is 4.41. The summed E-state index contributed by atoms with van der Waals surface area (Å²) in [6, 6.07) is 14.9. The van der Waals surface area contributed by atoms with Crippen molar-refractivity contribution >= 4 is 5.96 Å². The number of para-hydroxylation sites is 1. The average Bonchev–Trinajstić information content (AvgIpc) is 3.16. The van der Waals surface area contributed by atoms with Crippen LogP contribution in [0.1, 0.15) is 17.8 Å². The van der Waals surface area contributed by atoms with Gasteiger partial charge in [-0.25, -0.2) is 9.37 Å². The molecule has 0 aliphatic heterocycles. The number of nitrogens with one attached hydrogen (secondary N) is 2. The average molecular weight is 395 g/mol. The Morgan fingerprint density at radius 3 is 2.69 bits per heavy atom. The zero-order chi connectivity index (χ0) is 20.5. The summed E-state index contributed by atoms with van der Waals surface area (Å²) >= 11 is 0. The van der Waals surface area contributed by atoms with Crippen LogP contribution in [0.25, 0.3) is 5.69 Å². The van der Waals surface area contributed by atoms with Crippen molar-refractivity contribution in [3.63, 3.8) is 0 Å². The number of hydrogen-bond acceptors (Lipinski definition) is 3. The summed E-state index contributed by atoms with van der Waals surface area (Å²) in [5.74, 6) is 1.99. The predicted molar refractivity (Wildman–Crippen MR) is 113 cm³/mol. The maximum atomic E-state index is 14.5. The van der Waals surface area contributed by atoms with Gasteiger partial charge in [0.15, 0.2) is 5.96 Å². The van der Waals surface area contributed by atoms with Crippen molar-refractivity contribution in [2.24, 2.45) is 4.99 Å². The minimum absolute atomic E-state index is 0.286. The number of guanidine groups is 1. The van der Waals surface area contributed by atoms with Crippen LogP contribution in [0, 0.1) is 12.7 Å². The molecule has 3 rings (SSSR count). The molecule has 6 nitrogen and oxygen atoms in total.